The Morgan fingerprint density at radius 1 is 1.16 bits per heavy atom. The minimum atomic E-state index is 0. The number of hydrogen-bond donors (Lipinski definition) is 1. The van der Waals surface area contributed by atoms with Crippen LogP contribution >= 0.6 is 0 Å². The molecule has 1 saturated heterocycles. The Hall–Kier alpha value is -0.860. The highest BCUT2D eigenvalue weighted by Crippen LogP contribution is 2.49. The quantitative estimate of drug-likeness (QED) is 0.864. The maximum atomic E-state index is 2.78. The molecule has 1 aliphatic heterocycles. The van der Waals surface area contributed by atoms with Crippen molar-refractivity contribution in [3.63, 3.8) is 0 Å². The van der Waals surface area contributed by atoms with Crippen molar-refractivity contribution in [1.29, 1.82) is 0 Å². The summed E-state index contributed by atoms with van der Waals surface area (Å²) in [6.45, 7) is 8.56. The van der Waals surface area contributed by atoms with Gasteiger partial charge in [-0.15, -0.1) is 0 Å². The van der Waals surface area contributed by atoms with Crippen LogP contribution in [0.25, 0.3) is 0 Å². The van der Waals surface area contributed by atoms with Crippen molar-refractivity contribution >= 4 is 0 Å². The number of rotatable bonds is 2. The Morgan fingerprint density at radius 2 is 1.84 bits per heavy atom. The van der Waals surface area contributed by atoms with Gasteiger partial charge in [-0.1, -0.05) is 37.3 Å². The molecular weight excluding hydrogens is 232 g/mol. The van der Waals surface area contributed by atoms with Crippen molar-refractivity contribution in [1.82, 2.24) is 11.1 Å². The molecule has 3 N–H and O–H groups in total. The lowest BCUT2D eigenvalue weighted by atomic mass is 9.83. The van der Waals surface area contributed by atoms with E-state index in [0.29, 0.717) is 5.54 Å². The first-order chi connectivity index (χ1) is 8.58. The van der Waals surface area contributed by atoms with Gasteiger partial charge < -0.3 is 6.15 Å². The van der Waals surface area contributed by atoms with E-state index in [1.807, 2.05) is 0 Å². The third-order valence-electron chi connectivity index (χ3n) is 4.87. The summed E-state index contributed by atoms with van der Waals surface area (Å²) in [4.78, 5) is 2.78. The van der Waals surface area contributed by atoms with Gasteiger partial charge in [-0.25, -0.2) is 0 Å². The lowest BCUT2D eigenvalue weighted by molar-refractivity contribution is 0.0423. The summed E-state index contributed by atoms with van der Waals surface area (Å²) in [5, 5.41) is 0. The van der Waals surface area contributed by atoms with Gasteiger partial charge in [-0.2, -0.15) is 0 Å². The highest BCUT2D eigenvalue weighted by molar-refractivity contribution is 5.28. The van der Waals surface area contributed by atoms with Crippen molar-refractivity contribution in [2.45, 2.75) is 57.5 Å². The first-order valence-electron chi connectivity index (χ1n) is 7.39. The van der Waals surface area contributed by atoms with Gasteiger partial charge in [0.1, 0.15) is 0 Å². The summed E-state index contributed by atoms with van der Waals surface area (Å²) in [7, 11) is 0. The highest BCUT2D eigenvalue weighted by atomic mass is 15.3. The van der Waals surface area contributed by atoms with Crippen molar-refractivity contribution in [3.8, 4) is 0 Å². The van der Waals surface area contributed by atoms with Crippen LogP contribution in [0.1, 0.15) is 51.5 Å². The molecule has 19 heavy (non-hydrogen) atoms. The van der Waals surface area contributed by atoms with E-state index in [1.165, 1.54) is 31.4 Å². The van der Waals surface area contributed by atoms with E-state index in [0.717, 1.165) is 17.9 Å². The molecule has 1 aromatic carbocycles. The topological polar surface area (TPSA) is 38.2 Å². The molecule has 0 amide bonds. The van der Waals surface area contributed by atoms with Crippen LogP contribution in [0.5, 0.6) is 0 Å². The van der Waals surface area contributed by atoms with Crippen molar-refractivity contribution in [2.75, 3.05) is 6.54 Å². The largest absolute Gasteiger partial charge is 0.344 e. The Morgan fingerprint density at radius 3 is 2.47 bits per heavy atom. The highest BCUT2D eigenvalue weighted by Gasteiger charge is 2.48. The molecule has 1 aliphatic carbocycles. The molecule has 0 radical (unpaired) electrons. The second-order valence-electron chi connectivity index (χ2n) is 6.92. The molecule has 106 valence electrons. The maximum Gasteiger partial charge on any atom is 0.0176 e. The summed E-state index contributed by atoms with van der Waals surface area (Å²) in [6.07, 6.45) is 4.09. The second-order valence-corrected chi connectivity index (χ2v) is 6.92. The molecule has 0 aromatic heterocycles. The van der Waals surface area contributed by atoms with Crippen molar-refractivity contribution in [2.24, 2.45) is 5.92 Å². The minimum absolute atomic E-state index is 0. The number of benzene rings is 1. The molecule has 3 atom stereocenters. The van der Waals surface area contributed by atoms with Gasteiger partial charge >= 0.3 is 0 Å². The predicted molar refractivity (Wildman–Crippen MR) is 81.8 cm³/mol. The molecule has 3 unspecified atom stereocenters. The van der Waals surface area contributed by atoms with E-state index in [4.69, 9.17) is 0 Å². The van der Waals surface area contributed by atoms with Crippen LogP contribution in [0, 0.1) is 5.92 Å². The van der Waals surface area contributed by atoms with Gasteiger partial charge in [-0.3, -0.25) is 4.90 Å². The Kier molecular flexibility index (Phi) is 4.03. The van der Waals surface area contributed by atoms with Crippen LogP contribution in [0.15, 0.2) is 30.3 Å². The summed E-state index contributed by atoms with van der Waals surface area (Å²) < 4.78 is 0. The SMILES string of the molecule is CC1CCN(C2CC2c2ccccc2)C(C)(C)C1.N. The zero-order valence-electron chi connectivity index (χ0n) is 12.6. The van der Waals surface area contributed by atoms with E-state index >= 15 is 0 Å². The minimum Gasteiger partial charge on any atom is -0.344 e. The van der Waals surface area contributed by atoms with Gasteiger partial charge in [0, 0.05) is 17.5 Å². The molecule has 2 fully saturated rings. The van der Waals surface area contributed by atoms with E-state index in [9.17, 15) is 0 Å². The third-order valence-corrected chi connectivity index (χ3v) is 4.87. The van der Waals surface area contributed by atoms with E-state index < -0.39 is 0 Å². The number of hydrogen-bond acceptors (Lipinski definition) is 2. The first kappa shape index (κ1) is 14.5. The van der Waals surface area contributed by atoms with Crippen molar-refractivity contribution < 1.29 is 0 Å². The van der Waals surface area contributed by atoms with Gasteiger partial charge in [0.25, 0.3) is 0 Å². The Bertz CT molecular complexity index is 413. The number of likely N-dealkylation sites (tertiary alicyclic amines) is 1. The molecule has 1 heterocycles. The van der Waals surface area contributed by atoms with Crippen LogP contribution in [0.2, 0.25) is 0 Å². The molecule has 2 heteroatoms. The molecule has 1 aromatic rings. The molecule has 0 spiro atoms. The number of piperidine rings is 1. The van der Waals surface area contributed by atoms with Crippen LogP contribution in [-0.2, 0) is 0 Å². The Balaban J connectivity index is 0.00000133. The zero-order valence-corrected chi connectivity index (χ0v) is 12.6. The maximum absolute atomic E-state index is 2.78. The third kappa shape index (κ3) is 2.85. The molecule has 3 rings (SSSR count). The van der Waals surface area contributed by atoms with Crippen LogP contribution in [0.4, 0.5) is 0 Å². The molecule has 2 nitrogen and oxygen atoms in total. The predicted octanol–water partition coefficient (Wildman–Crippen LogP) is 4.22. The van der Waals surface area contributed by atoms with Crippen LogP contribution in [0.3, 0.4) is 0 Å². The summed E-state index contributed by atoms with van der Waals surface area (Å²) in [5.74, 6) is 1.68. The summed E-state index contributed by atoms with van der Waals surface area (Å²) in [5.41, 5.74) is 1.93. The first-order valence-corrected chi connectivity index (χ1v) is 7.39. The fourth-order valence-electron chi connectivity index (χ4n) is 3.93. The average Bonchev–Trinajstić information content (AvgIpc) is 3.09. The van der Waals surface area contributed by atoms with Gasteiger partial charge in [-0.05, 0) is 51.1 Å². The Labute approximate surface area is 117 Å². The van der Waals surface area contributed by atoms with E-state index in [2.05, 4.69) is 56.0 Å². The van der Waals surface area contributed by atoms with E-state index in [1.54, 1.807) is 0 Å². The summed E-state index contributed by atoms with van der Waals surface area (Å²) in [6, 6.07) is 11.9. The van der Waals surface area contributed by atoms with Gasteiger partial charge in [0.2, 0.25) is 0 Å². The lowest BCUT2D eigenvalue weighted by Gasteiger charge is -2.45. The fourth-order valence-corrected chi connectivity index (χ4v) is 3.93. The summed E-state index contributed by atoms with van der Waals surface area (Å²) >= 11 is 0. The molecular formula is C17H28N2. The normalized spacial score (nSPS) is 33.5. The fraction of sp³-hybridized carbons (Fsp3) is 0.647. The lowest BCUT2D eigenvalue weighted by Crippen LogP contribution is -2.51. The van der Waals surface area contributed by atoms with Crippen LogP contribution < -0.4 is 6.15 Å². The average molecular weight is 260 g/mol. The molecule has 2 aliphatic rings. The zero-order chi connectivity index (χ0) is 12.8. The molecule has 1 saturated carbocycles. The standard InChI is InChI=1S/C17H25N.H3N/c1-13-9-10-18(17(2,3)12-13)16-11-15(16)14-7-5-4-6-8-14;/h4-8,13,15-16H,9-12H2,1-3H3;1H3. The smallest absolute Gasteiger partial charge is 0.0176 e. The van der Waals surface area contributed by atoms with Crippen molar-refractivity contribution in [3.05, 3.63) is 35.9 Å². The van der Waals surface area contributed by atoms with Crippen LogP contribution in [-0.4, -0.2) is 23.0 Å². The monoisotopic (exact) mass is 260 g/mol. The van der Waals surface area contributed by atoms with E-state index in [-0.39, 0.29) is 6.15 Å². The number of nitrogens with zero attached hydrogens (tertiary/aromatic N) is 1. The molecule has 0 bridgehead atoms. The van der Waals surface area contributed by atoms with Gasteiger partial charge in [0.05, 0.1) is 0 Å². The van der Waals surface area contributed by atoms with Gasteiger partial charge in [0.15, 0.2) is 0 Å². The second kappa shape index (κ2) is 5.26.